The average Bonchev–Trinajstić information content (AvgIpc) is 2.73. The van der Waals surface area contributed by atoms with Crippen LogP contribution in [-0.2, 0) is 6.61 Å². The van der Waals surface area contributed by atoms with Gasteiger partial charge in [-0.3, -0.25) is 5.43 Å². The number of hydrogen-bond donors (Lipinski definition) is 3. The Morgan fingerprint density at radius 2 is 1.90 bits per heavy atom. The van der Waals surface area contributed by atoms with Gasteiger partial charge in [-0.2, -0.15) is 0 Å². The molecule has 0 aromatic heterocycles. The van der Waals surface area contributed by atoms with Gasteiger partial charge in [-0.1, -0.05) is 24.3 Å². The summed E-state index contributed by atoms with van der Waals surface area (Å²) in [6.45, 7) is 2.18. The molecule has 3 aromatic carbocycles. The van der Waals surface area contributed by atoms with Crippen LogP contribution in [0.1, 0.15) is 11.1 Å². The molecule has 0 aliphatic carbocycles. The number of ether oxygens (including phenoxy) is 2. The number of rotatable bonds is 6. The van der Waals surface area contributed by atoms with E-state index < -0.39 is 6.03 Å². The van der Waals surface area contributed by atoms with Crippen molar-refractivity contribution in [3.63, 3.8) is 0 Å². The topological polar surface area (TPSA) is 85.6 Å². The quantitative estimate of drug-likeness (QED) is 0.328. The number of benzene rings is 3. The van der Waals surface area contributed by atoms with E-state index in [1.807, 2.05) is 48.7 Å². The molecule has 0 spiro atoms. The number of amides is 2. The first-order valence-electron chi connectivity index (χ1n) is 8.94. The van der Waals surface area contributed by atoms with Gasteiger partial charge in [-0.25, -0.2) is 15.0 Å². The van der Waals surface area contributed by atoms with Crippen LogP contribution < -0.4 is 26.1 Å². The van der Waals surface area contributed by atoms with E-state index in [1.54, 1.807) is 12.1 Å². The van der Waals surface area contributed by atoms with Gasteiger partial charge in [-0.05, 0) is 48.4 Å². The minimum atomic E-state index is -0.512. The van der Waals surface area contributed by atoms with Crippen molar-refractivity contribution >= 4 is 11.7 Å². The summed E-state index contributed by atoms with van der Waals surface area (Å²) in [5.74, 6) is 5.86. The Morgan fingerprint density at radius 3 is 2.66 bits per heavy atom. The Labute approximate surface area is 168 Å². The second-order valence-corrected chi connectivity index (χ2v) is 6.36. The number of urea groups is 1. The van der Waals surface area contributed by atoms with Gasteiger partial charge in [0, 0.05) is 22.9 Å². The summed E-state index contributed by atoms with van der Waals surface area (Å²) in [5.41, 5.74) is 6.06. The number of hydrazine groups is 1. The van der Waals surface area contributed by atoms with Crippen LogP contribution in [0.2, 0.25) is 0 Å². The van der Waals surface area contributed by atoms with E-state index in [0.717, 1.165) is 22.3 Å². The fourth-order valence-corrected chi connectivity index (χ4v) is 2.98. The molecular formula is C22H22FN3O3. The Bertz CT molecular complexity index is 1020. The van der Waals surface area contributed by atoms with E-state index >= 15 is 0 Å². The average molecular weight is 395 g/mol. The summed E-state index contributed by atoms with van der Waals surface area (Å²) in [6.07, 6.45) is 0. The molecule has 0 atom stereocenters. The number of methoxy groups -OCH3 is 1. The number of aryl methyl sites for hydroxylation is 1. The van der Waals surface area contributed by atoms with E-state index in [-0.39, 0.29) is 12.4 Å². The molecule has 0 saturated heterocycles. The van der Waals surface area contributed by atoms with Gasteiger partial charge in [0.05, 0.1) is 7.11 Å². The zero-order chi connectivity index (χ0) is 20.8. The molecule has 3 aromatic rings. The molecule has 0 unspecified atom stereocenters. The second-order valence-electron chi connectivity index (χ2n) is 6.36. The number of halogens is 1. The Hall–Kier alpha value is -3.58. The third kappa shape index (κ3) is 4.83. The van der Waals surface area contributed by atoms with Crippen molar-refractivity contribution in [2.75, 3.05) is 12.4 Å². The van der Waals surface area contributed by atoms with Crippen molar-refractivity contribution in [1.82, 2.24) is 5.43 Å². The molecule has 2 amide bonds. The maximum atomic E-state index is 13.5. The van der Waals surface area contributed by atoms with Gasteiger partial charge >= 0.3 is 6.03 Å². The lowest BCUT2D eigenvalue weighted by Crippen LogP contribution is -2.34. The molecule has 4 N–H and O–H groups in total. The molecule has 0 bridgehead atoms. The minimum absolute atomic E-state index is 0.247. The highest BCUT2D eigenvalue weighted by Gasteiger charge is 2.11. The van der Waals surface area contributed by atoms with E-state index in [4.69, 9.17) is 15.3 Å². The molecular weight excluding hydrogens is 373 g/mol. The summed E-state index contributed by atoms with van der Waals surface area (Å²) in [7, 11) is 1.50. The molecule has 0 aliphatic heterocycles. The summed E-state index contributed by atoms with van der Waals surface area (Å²) in [4.78, 5) is 11.6. The summed E-state index contributed by atoms with van der Waals surface area (Å²) < 4.78 is 24.7. The van der Waals surface area contributed by atoms with Crippen molar-refractivity contribution in [2.24, 2.45) is 5.84 Å². The number of anilines is 1. The van der Waals surface area contributed by atoms with Crippen molar-refractivity contribution in [2.45, 2.75) is 13.5 Å². The largest absolute Gasteiger partial charge is 0.496 e. The third-order valence-corrected chi connectivity index (χ3v) is 4.48. The minimum Gasteiger partial charge on any atom is -0.496 e. The Morgan fingerprint density at radius 1 is 1.10 bits per heavy atom. The number of carbonyl (C=O) groups is 1. The van der Waals surface area contributed by atoms with Crippen LogP contribution in [0.15, 0.2) is 60.7 Å². The van der Waals surface area contributed by atoms with Gasteiger partial charge in [-0.15, -0.1) is 0 Å². The van der Waals surface area contributed by atoms with E-state index in [1.165, 1.54) is 19.2 Å². The highest BCUT2D eigenvalue weighted by atomic mass is 19.1. The molecule has 0 aliphatic rings. The van der Waals surface area contributed by atoms with E-state index in [2.05, 4.69) is 5.32 Å². The molecule has 0 fully saturated rings. The Balaban J connectivity index is 1.83. The molecule has 0 radical (unpaired) electrons. The van der Waals surface area contributed by atoms with Gasteiger partial charge < -0.3 is 14.8 Å². The standard InChI is InChI=1S/C22H22FN3O3/c1-14-5-3-8-20(25-22(27)26-24)19(14)13-29-17-7-4-6-15(11-17)18-10-9-16(23)12-21(18)28-2/h3-12H,13,24H2,1-2H3,(H2,25,26,27). The molecule has 150 valence electrons. The van der Waals surface area contributed by atoms with Crippen molar-refractivity contribution in [1.29, 1.82) is 0 Å². The fourth-order valence-electron chi connectivity index (χ4n) is 2.98. The molecule has 3 rings (SSSR count). The van der Waals surface area contributed by atoms with Crippen LogP contribution >= 0.6 is 0 Å². The van der Waals surface area contributed by atoms with Gasteiger partial charge in [0.15, 0.2) is 0 Å². The lowest BCUT2D eigenvalue weighted by atomic mass is 10.0. The van der Waals surface area contributed by atoms with Gasteiger partial charge in [0.1, 0.15) is 23.9 Å². The fraction of sp³-hybridized carbons (Fsp3) is 0.136. The molecule has 6 nitrogen and oxygen atoms in total. The predicted molar refractivity (Wildman–Crippen MR) is 110 cm³/mol. The molecule has 0 heterocycles. The smallest absolute Gasteiger partial charge is 0.333 e. The SMILES string of the molecule is COc1cc(F)ccc1-c1cccc(OCc2c(C)cccc2NC(=O)NN)c1. The summed E-state index contributed by atoms with van der Waals surface area (Å²) >= 11 is 0. The number of nitrogens with two attached hydrogens (primary N) is 1. The first kappa shape index (κ1) is 20.2. The summed E-state index contributed by atoms with van der Waals surface area (Å²) in [6, 6.07) is 16.9. The van der Waals surface area contributed by atoms with E-state index in [0.29, 0.717) is 17.2 Å². The van der Waals surface area contributed by atoms with Crippen molar-refractivity contribution in [3.8, 4) is 22.6 Å². The van der Waals surface area contributed by atoms with Gasteiger partial charge in [0.25, 0.3) is 0 Å². The zero-order valence-corrected chi connectivity index (χ0v) is 16.2. The van der Waals surface area contributed by atoms with Crippen LogP contribution in [0.4, 0.5) is 14.9 Å². The number of hydrogen-bond acceptors (Lipinski definition) is 4. The van der Waals surface area contributed by atoms with Crippen LogP contribution in [0.5, 0.6) is 11.5 Å². The lowest BCUT2D eigenvalue weighted by molar-refractivity contribution is 0.252. The van der Waals surface area contributed by atoms with Gasteiger partial charge in [0.2, 0.25) is 0 Å². The molecule has 29 heavy (non-hydrogen) atoms. The highest BCUT2D eigenvalue weighted by Crippen LogP contribution is 2.33. The predicted octanol–water partition coefficient (Wildman–Crippen LogP) is 4.38. The van der Waals surface area contributed by atoms with Crippen LogP contribution in [0, 0.1) is 12.7 Å². The normalized spacial score (nSPS) is 10.3. The van der Waals surface area contributed by atoms with Crippen LogP contribution in [0.25, 0.3) is 11.1 Å². The number of nitrogens with one attached hydrogen (secondary N) is 2. The second kappa shape index (κ2) is 9.07. The van der Waals surface area contributed by atoms with E-state index in [9.17, 15) is 9.18 Å². The first-order valence-corrected chi connectivity index (χ1v) is 8.94. The third-order valence-electron chi connectivity index (χ3n) is 4.48. The van der Waals surface area contributed by atoms with Crippen molar-refractivity contribution < 1.29 is 18.7 Å². The lowest BCUT2D eigenvalue weighted by Gasteiger charge is -2.15. The maximum Gasteiger partial charge on any atom is 0.333 e. The van der Waals surface area contributed by atoms with Crippen molar-refractivity contribution in [3.05, 3.63) is 77.6 Å². The van der Waals surface area contributed by atoms with Crippen LogP contribution in [-0.4, -0.2) is 13.1 Å². The molecule has 7 heteroatoms. The number of carbonyl (C=O) groups excluding carboxylic acids is 1. The zero-order valence-electron chi connectivity index (χ0n) is 16.2. The monoisotopic (exact) mass is 395 g/mol. The maximum absolute atomic E-state index is 13.5. The van der Waals surface area contributed by atoms with Crippen LogP contribution in [0.3, 0.4) is 0 Å². The highest BCUT2D eigenvalue weighted by molar-refractivity contribution is 5.89. The first-order chi connectivity index (χ1) is 14.0. The molecule has 0 saturated carbocycles. The Kier molecular flexibility index (Phi) is 6.31. The summed E-state index contributed by atoms with van der Waals surface area (Å²) in [5, 5.41) is 2.69.